The summed E-state index contributed by atoms with van der Waals surface area (Å²) in [5, 5.41) is 0. The van der Waals surface area contributed by atoms with Gasteiger partial charge in [0.1, 0.15) is 0 Å². The summed E-state index contributed by atoms with van der Waals surface area (Å²) in [4.78, 5) is 0. The van der Waals surface area contributed by atoms with Gasteiger partial charge in [0.2, 0.25) is 0 Å². The minimum Gasteiger partial charge on any atom is -0.398 e. The average molecular weight is 205 g/mol. The van der Waals surface area contributed by atoms with Gasteiger partial charge in [-0.1, -0.05) is 32.8 Å². The minimum absolute atomic E-state index is 1.03. The molecule has 0 aliphatic carbocycles. The lowest BCUT2D eigenvalue weighted by Crippen LogP contribution is -2.04. The number of hydrogen-bond donors (Lipinski definition) is 1. The molecule has 1 nitrogen and oxygen atoms in total. The van der Waals surface area contributed by atoms with Crippen LogP contribution in [0.1, 0.15) is 48.9 Å². The predicted molar refractivity (Wildman–Crippen MR) is 68.3 cm³/mol. The maximum absolute atomic E-state index is 6.20. The van der Waals surface area contributed by atoms with Gasteiger partial charge in [0, 0.05) is 5.69 Å². The van der Waals surface area contributed by atoms with Gasteiger partial charge in [0.25, 0.3) is 0 Å². The van der Waals surface area contributed by atoms with Crippen molar-refractivity contribution in [3.05, 3.63) is 28.3 Å². The van der Waals surface area contributed by atoms with Crippen LogP contribution in [0, 0.1) is 13.8 Å². The second kappa shape index (κ2) is 5.20. The van der Waals surface area contributed by atoms with Crippen LogP contribution < -0.4 is 5.73 Å². The first-order valence-corrected chi connectivity index (χ1v) is 5.99. The monoisotopic (exact) mass is 205 g/mol. The minimum atomic E-state index is 1.03. The molecule has 0 aliphatic rings. The molecule has 0 bridgehead atoms. The van der Waals surface area contributed by atoms with Gasteiger partial charge in [-0.2, -0.15) is 0 Å². The predicted octanol–water partition coefficient (Wildman–Crippen LogP) is 3.79. The molecule has 0 amide bonds. The van der Waals surface area contributed by atoms with Crippen molar-refractivity contribution in [1.29, 1.82) is 0 Å². The van der Waals surface area contributed by atoms with Gasteiger partial charge in [-0.25, -0.2) is 0 Å². The first-order valence-electron chi connectivity index (χ1n) is 5.99. The summed E-state index contributed by atoms with van der Waals surface area (Å²) in [6.45, 7) is 8.71. The third kappa shape index (κ3) is 2.53. The summed E-state index contributed by atoms with van der Waals surface area (Å²) in [7, 11) is 0. The third-order valence-corrected chi connectivity index (χ3v) is 3.12. The van der Waals surface area contributed by atoms with E-state index in [1.807, 2.05) is 0 Å². The van der Waals surface area contributed by atoms with Gasteiger partial charge in [-0.05, 0) is 48.9 Å². The summed E-state index contributed by atoms with van der Waals surface area (Å²) < 4.78 is 0. The maximum atomic E-state index is 6.20. The standard InChI is InChI=1S/C14H23N/c1-5-7-12-9-10(3)11(4)14(15)13(12)8-6-2/h9H,5-8,15H2,1-4H3. The molecule has 0 saturated carbocycles. The van der Waals surface area contributed by atoms with E-state index in [1.54, 1.807) is 0 Å². The van der Waals surface area contributed by atoms with Crippen molar-refractivity contribution in [3.63, 3.8) is 0 Å². The molecule has 0 saturated heterocycles. The molecule has 0 atom stereocenters. The summed E-state index contributed by atoms with van der Waals surface area (Å²) in [6.07, 6.45) is 4.63. The van der Waals surface area contributed by atoms with E-state index in [2.05, 4.69) is 33.8 Å². The molecule has 0 spiro atoms. The highest BCUT2D eigenvalue weighted by atomic mass is 14.6. The van der Waals surface area contributed by atoms with E-state index in [0.717, 1.165) is 18.5 Å². The molecule has 84 valence electrons. The third-order valence-electron chi connectivity index (χ3n) is 3.12. The highest BCUT2D eigenvalue weighted by Crippen LogP contribution is 2.27. The topological polar surface area (TPSA) is 26.0 Å². The van der Waals surface area contributed by atoms with Crippen LogP contribution >= 0.6 is 0 Å². The van der Waals surface area contributed by atoms with Crippen molar-refractivity contribution in [2.24, 2.45) is 0 Å². The fourth-order valence-electron chi connectivity index (χ4n) is 2.11. The normalized spacial score (nSPS) is 10.7. The van der Waals surface area contributed by atoms with Gasteiger partial charge in [0.05, 0.1) is 0 Å². The van der Waals surface area contributed by atoms with Crippen LogP contribution in [-0.2, 0) is 12.8 Å². The summed E-state index contributed by atoms with van der Waals surface area (Å²) >= 11 is 0. The lowest BCUT2D eigenvalue weighted by atomic mass is 9.92. The smallest absolute Gasteiger partial charge is 0.0381 e. The molecule has 1 rings (SSSR count). The Morgan fingerprint density at radius 3 is 2.20 bits per heavy atom. The highest BCUT2D eigenvalue weighted by molar-refractivity contribution is 5.59. The van der Waals surface area contributed by atoms with Crippen LogP contribution in [0.3, 0.4) is 0 Å². The Hall–Kier alpha value is -0.980. The van der Waals surface area contributed by atoms with Gasteiger partial charge in [-0.15, -0.1) is 0 Å². The fraction of sp³-hybridized carbons (Fsp3) is 0.571. The summed E-state index contributed by atoms with van der Waals surface area (Å²) in [5.74, 6) is 0. The Morgan fingerprint density at radius 2 is 1.67 bits per heavy atom. The molecule has 0 radical (unpaired) electrons. The highest BCUT2D eigenvalue weighted by Gasteiger charge is 2.09. The Balaban J connectivity index is 3.23. The number of nitrogens with two attached hydrogens (primary N) is 1. The fourth-order valence-corrected chi connectivity index (χ4v) is 2.11. The van der Waals surface area contributed by atoms with E-state index in [0.29, 0.717) is 0 Å². The molecule has 15 heavy (non-hydrogen) atoms. The van der Waals surface area contributed by atoms with Crippen molar-refractivity contribution >= 4 is 5.69 Å². The van der Waals surface area contributed by atoms with Gasteiger partial charge in [-0.3, -0.25) is 0 Å². The van der Waals surface area contributed by atoms with Crippen LogP contribution in [0.4, 0.5) is 5.69 Å². The zero-order valence-electron chi connectivity index (χ0n) is 10.5. The van der Waals surface area contributed by atoms with E-state index in [4.69, 9.17) is 5.73 Å². The van der Waals surface area contributed by atoms with E-state index in [-0.39, 0.29) is 0 Å². The second-order valence-corrected chi connectivity index (χ2v) is 4.37. The van der Waals surface area contributed by atoms with Crippen LogP contribution in [-0.4, -0.2) is 0 Å². The molecule has 2 N–H and O–H groups in total. The molecule has 1 aromatic rings. The van der Waals surface area contributed by atoms with Gasteiger partial charge >= 0.3 is 0 Å². The molecule has 0 heterocycles. The SMILES string of the molecule is CCCc1cc(C)c(C)c(N)c1CCC. The Morgan fingerprint density at radius 1 is 1.07 bits per heavy atom. The number of rotatable bonds is 4. The molecule has 1 heteroatoms. The second-order valence-electron chi connectivity index (χ2n) is 4.37. The van der Waals surface area contributed by atoms with Crippen LogP contribution in [0.25, 0.3) is 0 Å². The number of benzene rings is 1. The number of anilines is 1. The molecular formula is C14H23N. The van der Waals surface area contributed by atoms with Crippen LogP contribution in [0.2, 0.25) is 0 Å². The van der Waals surface area contributed by atoms with E-state index in [1.165, 1.54) is 35.1 Å². The van der Waals surface area contributed by atoms with Gasteiger partial charge in [0.15, 0.2) is 0 Å². The molecule has 1 aromatic carbocycles. The van der Waals surface area contributed by atoms with Crippen LogP contribution in [0.15, 0.2) is 6.07 Å². The van der Waals surface area contributed by atoms with E-state index < -0.39 is 0 Å². The molecule has 0 aliphatic heterocycles. The van der Waals surface area contributed by atoms with E-state index >= 15 is 0 Å². The lowest BCUT2D eigenvalue weighted by Gasteiger charge is -2.16. The zero-order valence-corrected chi connectivity index (χ0v) is 10.5. The summed E-state index contributed by atoms with van der Waals surface area (Å²) in [6, 6.07) is 2.32. The van der Waals surface area contributed by atoms with Crippen LogP contribution in [0.5, 0.6) is 0 Å². The Kier molecular flexibility index (Phi) is 4.19. The first-order chi connectivity index (χ1) is 7.11. The van der Waals surface area contributed by atoms with Crippen molar-refractivity contribution in [3.8, 4) is 0 Å². The Labute approximate surface area is 93.7 Å². The maximum Gasteiger partial charge on any atom is 0.0381 e. The molecule has 0 aromatic heterocycles. The summed E-state index contributed by atoms with van der Waals surface area (Å²) in [5.41, 5.74) is 12.7. The number of aryl methyl sites for hydroxylation is 2. The van der Waals surface area contributed by atoms with Crippen molar-refractivity contribution in [2.45, 2.75) is 53.4 Å². The molecular weight excluding hydrogens is 182 g/mol. The lowest BCUT2D eigenvalue weighted by molar-refractivity contribution is 0.860. The van der Waals surface area contributed by atoms with Crippen molar-refractivity contribution < 1.29 is 0 Å². The quantitative estimate of drug-likeness (QED) is 0.744. The molecule has 0 fully saturated rings. The zero-order chi connectivity index (χ0) is 11.4. The molecule has 0 unspecified atom stereocenters. The Bertz CT molecular complexity index is 340. The first kappa shape index (κ1) is 12.1. The number of nitrogen functional groups attached to an aromatic ring is 1. The van der Waals surface area contributed by atoms with Crippen molar-refractivity contribution in [2.75, 3.05) is 5.73 Å². The van der Waals surface area contributed by atoms with E-state index in [9.17, 15) is 0 Å². The number of hydrogen-bond acceptors (Lipinski definition) is 1. The largest absolute Gasteiger partial charge is 0.398 e. The van der Waals surface area contributed by atoms with Crippen molar-refractivity contribution in [1.82, 2.24) is 0 Å². The average Bonchev–Trinajstić information content (AvgIpc) is 2.21. The van der Waals surface area contributed by atoms with Gasteiger partial charge < -0.3 is 5.73 Å².